The molecule has 0 radical (unpaired) electrons. The highest BCUT2D eigenvalue weighted by atomic mass is 79.9. The first-order valence-corrected chi connectivity index (χ1v) is 20.5. The summed E-state index contributed by atoms with van der Waals surface area (Å²) >= 11 is 10.3. The summed E-state index contributed by atoms with van der Waals surface area (Å²) < 4.78 is 1.87. The molecule has 4 aromatic heterocycles. The number of hydrogen-bond acceptors (Lipinski definition) is 8. The molecule has 0 aliphatic heterocycles. The fourth-order valence-electron chi connectivity index (χ4n) is 6.44. The SMILES string of the molecule is Brc1nc(-c2ccccc2)c2ccc3ccc(-c4ccccc4)nc3c2n1.Brc1nc(Br)c2ccc3ccc(-c4ccccc4)nc3c2n1.OB(O)c1ccccc1. The van der Waals surface area contributed by atoms with Gasteiger partial charge in [0.15, 0.2) is 9.47 Å². The van der Waals surface area contributed by atoms with E-state index in [4.69, 9.17) is 20.0 Å². The highest BCUT2D eigenvalue weighted by Gasteiger charge is 2.14. The maximum Gasteiger partial charge on any atom is 0.488 e. The minimum Gasteiger partial charge on any atom is -0.423 e. The number of nitrogens with zero attached hydrogens (tertiary/aromatic N) is 6. The van der Waals surface area contributed by atoms with Gasteiger partial charge in [-0.05, 0) is 77.5 Å². The van der Waals surface area contributed by atoms with E-state index in [-0.39, 0.29) is 0 Å². The summed E-state index contributed by atoms with van der Waals surface area (Å²) in [6, 6.07) is 55.6. The molecule has 4 heterocycles. The summed E-state index contributed by atoms with van der Waals surface area (Å²) in [5, 5.41) is 21.2. The summed E-state index contributed by atoms with van der Waals surface area (Å²) in [6.07, 6.45) is 0. The molecule has 0 fully saturated rings. The lowest BCUT2D eigenvalue weighted by Gasteiger charge is -2.10. The molecule has 0 saturated carbocycles. The van der Waals surface area contributed by atoms with Gasteiger partial charge in [-0.3, -0.25) is 0 Å². The average Bonchev–Trinajstić information content (AvgIpc) is 3.27. The zero-order valence-corrected chi connectivity index (χ0v) is 35.2. The standard InChI is InChI=1S/C23H14BrN3.C17H9Br2N3.C6H7BO2/c24-23-26-20(16-9-5-2-6-10-16)18-13-11-17-12-14-19(15-7-3-1-4-8-15)25-21(17)22(18)27-23;18-16-12-8-6-11-7-9-13(10-4-2-1-3-5-10)20-14(11)15(12)21-17(19)22-16;8-7(9)6-4-2-1-3-5-6/h1-14H;1-9H;1-5,8-9H. The third-order valence-corrected chi connectivity index (χ3v) is 10.5. The van der Waals surface area contributed by atoms with Crippen LogP contribution in [0.3, 0.4) is 0 Å². The maximum atomic E-state index is 8.58. The lowest BCUT2D eigenvalue weighted by Crippen LogP contribution is -2.29. The largest absolute Gasteiger partial charge is 0.488 e. The minimum atomic E-state index is -1.34. The van der Waals surface area contributed by atoms with E-state index in [1.165, 1.54) is 0 Å². The van der Waals surface area contributed by atoms with Crippen molar-refractivity contribution in [1.82, 2.24) is 29.9 Å². The van der Waals surface area contributed by atoms with Gasteiger partial charge in [-0.2, -0.15) is 0 Å². The van der Waals surface area contributed by atoms with Crippen molar-refractivity contribution in [3.63, 3.8) is 0 Å². The molecular weight excluding hydrogens is 919 g/mol. The van der Waals surface area contributed by atoms with Gasteiger partial charge in [0.2, 0.25) is 0 Å². The third-order valence-electron chi connectivity index (χ3n) is 9.23. The Balaban J connectivity index is 0.000000136. The van der Waals surface area contributed by atoms with Crippen molar-refractivity contribution in [2.24, 2.45) is 0 Å². The van der Waals surface area contributed by atoms with Crippen molar-refractivity contribution in [3.05, 3.63) is 184 Å². The van der Waals surface area contributed by atoms with Gasteiger partial charge in [0.05, 0.1) is 28.1 Å². The minimum absolute atomic E-state index is 0.525. The van der Waals surface area contributed by atoms with Crippen LogP contribution in [0.15, 0.2) is 184 Å². The molecule has 8 nitrogen and oxygen atoms in total. The quantitative estimate of drug-likeness (QED) is 0.0775. The van der Waals surface area contributed by atoms with E-state index >= 15 is 0 Å². The first-order valence-electron chi connectivity index (χ1n) is 18.1. The second-order valence-corrected chi connectivity index (χ2v) is 15.1. The van der Waals surface area contributed by atoms with Crippen molar-refractivity contribution in [2.45, 2.75) is 0 Å². The van der Waals surface area contributed by atoms with Crippen LogP contribution < -0.4 is 5.46 Å². The second-order valence-electron chi connectivity index (χ2n) is 13.0. The molecule has 280 valence electrons. The number of aromatic nitrogens is 6. The summed E-state index contributed by atoms with van der Waals surface area (Å²) in [5.74, 6) is 0. The van der Waals surface area contributed by atoms with Gasteiger partial charge in [-0.15, -0.1) is 0 Å². The summed E-state index contributed by atoms with van der Waals surface area (Å²) in [4.78, 5) is 27.9. The lowest BCUT2D eigenvalue weighted by atomic mass is 9.81. The van der Waals surface area contributed by atoms with Crippen LogP contribution in [-0.2, 0) is 0 Å². The van der Waals surface area contributed by atoms with Crippen LogP contribution in [0, 0.1) is 0 Å². The molecule has 0 spiro atoms. The Morgan fingerprint density at radius 2 is 0.776 bits per heavy atom. The first kappa shape index (κ1) is 39.1. The zero-order valence-electron chi connectivity index (χ0n) is 30.5. The molecule has 0 aliphatic carbocycles. The van der Waals surface area contributed by atoms with Gasteiger partial charge in [-0.25, -0.2) is 29.9 Å². The Morgan fingerprint density at radius 3 is 1.26 bits per heavy atom. The fraction of sp³-hybridized carbons (Fsp3) is 0. The number of hydrogen-bond donors (Lipinski definition) is 2. The first-order chi connectivity index (χ1) is 28.3. The Kier molecular flexibility index (Phi) is 12.0. The van der Waals surface area contributed by atoms with E-state index in [2.05, 4.69) is 134 Å². The molecule has 0 unspecified atom stereocenters. The summed E-state index contributed by atoms with van der Waals surface area (Å²) in [5.41, 5.74) is 9.99. The molecule has 0 amide bonds. The molecule has 2 N–H and O–H groups in total. The van der Waals surface area contributed by atoms with Crippen molar-refractivity contribution in [2.75, 3.05) is 0 Å². The van der Waals surface area contributed by atoms with E-state index in [1.807, 2.05) is 78.9 Å². The predicted molar refractivity (Wildman–Crippen MR) is 245 cm³/mol. The zero-order chi connectivity index (χ0) is 40.0. The lowest BCUT2D eigenvalue weighted by molar-refractivity contribution is 0.426. The van der Waals surface area contributed by atoms with Crippen molar-refractivity contribution in [1.29, 1.82) is 0 Å². The van der Waals surface area contributed by atoms with Crippen LogP contribution in [0.2, 0.25) is 0 Å². The van der Waals surface area contributed by atoms with Crippen molar-refractivity contribution >= 4 is 104 Å². The molecule has 10 aromatic rings. The molecule has 0 bridgehead atoms. The molecule has 12 heteroatoms. The van der Waals surface area contributed by atoms with E-state index in [0.717, 1.165) is 82.0 Å². The summed E-state index contributed by atoms with van der Waals surface area (Å²) in [7, 11) is -1.34. The number of pyridine rings is 2. The number of fused-ring (bicyclic) bond motifs is 6. The van der Waals surface area contributed by atoms with Gasteiger partial charge in [0, 0.05) is 38.2 Å². The third kappa shape index (κ3) is 8.71. The van der Waals surface area contributed by atoms with Crippen LogP contribution in [0.4, 0.5) is 0 Å². The Morgan fingerprint density at radius 1 is 0.362 bits per heavy atom. The monoisotopic (exact) mass is 946 g/mol. The fourth-order valence-corrected chi connectivity index (χ4v) is 7.88. The Bertz CT molecular complexity index is 3020. The van der Waals surface area contributed by atoms with Gasteiger partial charge >= 0.3 is 7.12 Å². The molecule has 0 atom stereocenters. The Labute approximate surface area is 359 Å². The molecule has 58 heavy (non-hydrogen) atoms. The van der Waals surface area contributed by atoms with Crippen LogP contribution in [0.1, 0.15) is 0 Å². The highest BCUT2D eigenvalue weighted by molar-refractivity contribution is 9.11. The van der Waals surface area contributed by atoms with Crippen LogP contribution in [-0.4, -0.2) is 47.1 Å². The van der Waals surface area contributed by atoms with E-state index in [0.29, 0.717) is 14.9 Å². The van der Waals surface area contributed by atoms with Gasteiger partial charge < -0.3 is 10.0 Å². The summed E-state index contributed by atoms with van der Waals surface area (Å²) in [6.45, 7) is 0. The number of halogens is 3. The predicted octanol–water partition coefficient (Wildman–Crippen LogP) is 11.0. The van der Waals surface area contributed by atoms with E-state index < -0.39 is 7.12 Å². The molecular formula is C46H30BBr3N6O2. The Hall–Kier alpha value is -5.76. The van der Waals surface area contributed by atoms with Crippen LogP contribution in [0.5, 0.6) is 0 Å². The smallest absolute Gasteiger partial charge is 0.423 e. The molecule has 0 saturated heterocycles. The van der Waals surface area contributed by atoms with Crippen LogP contribution in [0.25, 0.3) is 77.4 Å². The van der Waals surface area contributed by atoms with Crippen molar-refractivity contribution in [3.8, 4) is 33.8 Å². The van der Waals surface area contributed by atoms with Crippen molar-refractivity contribution < 1.29 is 10.0 Å². The van der Waals surface area contributed by atoms with E-state index in [9.17, 15) is 0 Å². The molecule has 10 rings (SSSR count). The average molecular weight is 949 g/mol. The number of benzene rings is 6. The normalized spacial score (nSPS) is 10.8. The molecule has 0 aliphatic rings. The number of rotatable bonds is 4. The van der Waals surface area contributed by atoms with Gasteiger partial charge in [0.25, 0.3) is 0 Å². The molecule has 6 aromatic carbocycles. The van der Waals surface area contributed by atoms with E-state index in [1.54, 1.807) is 24.3 Å². The highest BCUT2D eigenvalue weighted by Crippen LogP contribution is 2.33. The van der Waals surface area contributed by atoms with Crippen LogP contribution >= 0.6 is 47.8 Å². The topological polar surface area (TPSA) is 118 Å². The van der Waals surface area contributed by atoms with Gasteiger partial charge in [-0.1, -0.05) is 146 Å². The maximum absolute atomic E-state index is 8.58. The second kappa shape index (κ2) is 17.8. The van der Waals surface area contributed by atoms with Gasteiger partial charge in [0.1, 0.15) is 15.6 Å².